The van der Waals surface area contributed by atoms with Gasteiger partial charge in [0.15, 0.2) is 9.84 Å². The summed E-state index contributed by atoms with van der Waals surface area (Å²) in [5, 5.41) is 3.35. The summed E-state index contributed by atoms with van der Waals surface area (Å²) in [6.45, 7) is 2.71. The highest BCUT2D eigenvalue weighted by molar-refractivity contribution is 7.91. The van der Waals surface area contributed by atoms with Crippen LogP contribution in [0.15, 0.2) is 23.1 Å². The van der Waals surface area contributed by atoms with E-state index in [-0.39, 0.29) is 29.5 Å². The van der Waals surface area contributed by atoms with Crippen molar-refractivity contribution in [2.75, 3.05) is 30.3 Å². The second-order valence-electron chi connectivity index (χ2n) is 6.77. The topological polar surface area (TPSA) is 66.5 Å². The minimum absolute atomic E-state index is 0. The highest BCUT2D eigenvalue weighted by atomic mass is 35.5. The maximum atomic E-state index is 12.5. The molecule has 5 nitrogen and oxygen atoms in total. The largest absolute Gasteiger partial charge is 0.317 e. The molecular formula is C16H21ClN2O3S. The second kappa shape index (κ2) is 5.76. The Morgan fingerprint density at radius 1 is 1.17 bits per heavy atom. The summed E-state index contributed by atoms with van der Waals surface area (Å²) in [6, 6.07) is 5.37. The van der Waals surface area contributed by atoms with Crippen LogP contribution in [0, 0.1) is 5.41 Å². The molecule has 0 unspecified atom stereocenters. The quantitative estimate of drug-likeness (QED) is 0.829. The van der Waals surface area contributed by atoms with Gasteiger partial charge in [0.1, 0.15) is 0 Å². The summed E-state index contributed by atoms with van der Waals surface area (Å²) >= 11 is 0. The zero-order valence-electron chi connectivity index (χ0n) is 12.9. The van der Waals surface area contributed by atoms with Gasteiger partial charge in [0.2, 0.25) is 5.91 Å². The lowest BCUT2D eigenvalue weighted by Crippen LogP contribution is -2.38. The van der Waals surface area contributed by atoms with Crippen molar-refractivity contribution in [3.8, 4) is 0 Å². The summed E-state index contributed by atoms with van der Waals surface area (Å²) in [5.41, 5.74) is 1.82. The first-order valence-electron chi connectivity index (χ1n) is 7.86. The van der Waals surface area contributed by atoms with Gasteiger partial charge in [-0.15, -0.1) is 12.4 Å². The van der Waals surface area contributed by atoms with Crippen LogP contribution in [0.25, 0.3) is 0 Å². The zero-order valence-corrected chi connectivity index (χ0v) is 14.5. The number of sulfone groups is 1. The fourth-order valence-electron chi connectivity index (χ4n) is 4.01. The molecule has 4 rings (SSSR count). The smallest absolute Gasteiger partial charge is 0.227 e. The molecule has 0 bridgehead atoms. The number of carbonyl (C=O) groups is 1. The molecule has 2 fully saturated rings. The molecule has 3 aliphatic heterocycles. The molecule has 0 aliphatic carbocycles. The van der Waals surface area contributed by atoms with Crippen molar-refractivity contribution in [3.63, 3.8) is 0 Å². The molecule has 2 saturated heterocycles. The predicted molar refractivity (Wildman–Crippen MR) is 91.0 cm³/mol. The first-order chi connectivity index (χ1) is 10.5. The van der Waals surface area contributed by atoms with Crippen molar-refractivity contribution in [1.29, 1.82) is 0 Å². The van der Waals surface area contributed by atoms with E-state index >= 15 is 0 Å². The van der Waals surface area contributed by atoms with Crippen molar-refractivity contribution < 1.29 is 13.2 Å². The fraction of sp³-hybridized carbons (Fsp3) is 0.562. The van der Waals surface area contributed by atoms with Gasteiger partial charge in [-0.25, -0.2) is 8.42 Å². The van der Waals surface area contributed by atoms with E-state index in [9.17, 15) is 13.2 Å². The Morgan fingerprint density at radius 3 is 2.65 bits per heavy atom. The number of benzene rings is 1. The normalized spacial score (nSPS) is 24.5. The Bertz CT molecular complexity index is 742. The van der Waals surface area contributed by atoms with Gasteiger partial charge in [-0.05, 0) is 61.5 Å². The number of halogens is 1. The van der Waals surface area contributed by atoms with Gasteiger partial charge < -0.3 is 10.2 Å². The number of hydrogen-bond donors (Lipinski definition) is 1. The number of rotatable bonds is 1. The van der Waals surface area contributed by atoms with Crippen molar-refractivity contribution in [1.82, 2.24) is 5.32 Å². The average Bonchev–Trinajstić information content (AvgIpc) is 2.97. The number of carbonyl (C=O) groups excluding carboxylic acids is 1. The maximum absolute atomic E-state index is 12.5. The lowest BCUT2D eigenvalue weighted by Gasteiger charge is -2.33. The molecule has 3 heterocycles. The van der Waals surface area contributed by atoms with Crippen LogP contribution in [-0.2, 0) is 21.1 Å². The molecule has 1 N–H and O–H groups in total. The molecule has 1 amide bonds. The Balaban J connectivity index is 0.00000156. The van der Waals surface area contributed by atoms with Crippen LogP contribution in [-0.4, -0.2) is 39.7 Å². The van der Waals surface area contributed by atoms with E-state index < -0.39 is 9.84 Å². The van der Waals surface area contributed by atoms with Gasteiger partial charge in [0.05, 0.1) is 10.6 Å². The Hall–Kier alpha value is -1.11. The van der Waals surface area contributed by atoms with Crippen molar-refractivity contribution in [3.05, 3.63) is 23.8 Å². The van der Waals surface area contributed by atoms with Crippen LogP contribution in [0.3, 0.4) is 0 Å². The third-order valence-electron chi connectivity index (χ3n) is 5.32. The van der Waals surface area contributed by atoms with E-state index in [0.29, 0.717) is 17.7 Å². The molecule has 1 aromatic rings. The molecular weight excluding hydrogens is 336 g/mol. The SMILES string of the molecule is Cl.O=C1CC2(CCNCC2)CN1c1ccc2c(c1)CCS2(=O)=O. The fourth-order valence-corrected chi connectivity index (χ4v) is 5.55. The Labute approximate surface area is 142 Å². The molecule has 0 aromatic heterocycles. The summed E-state index contributed by atoms with van der Waals surface area (Å²) in [6.07, 6.45) is 3.25. The van der Waals surface area contributed by atoms with Crippen molar-refractivity contribution in [2.45, 2.75) is 30.6 Å². The summed E-state index contributed by atoms with van der Waals surface area (Å²) in [5.74, 6) is 0.359. The third kappa shape index (κ3) is 2.77. The van der Waals surface area contributed by atoms with E-state index in [2.05, 4.69) is 5.32 Å². The highest BCUT2D eigenvalue weighted by Gasteiger charge is 2.44. The number of piperidine rings is 1. The number of nitrogens with zero attached hydrogens (tertiary/aromatic N) is 1. The van der Waals surface area contributed by atoms with E-state index in [1.165, 1.54) is 0 Å². The maximum Gasteiger partial charge on any atom is 0.227 e. The predicted octanol–water partition coefficient (Wildman–Crippen LogP) is 1.54. The minimum atomic E-state index is -3.10. The first-order valence-corrected chi connectivity index (χ1v) is 9.51. The van der Waals surface area contributed by atoms with Crippen LogP contribution in [0.4, 0.5) is 5.69 Å². The second-order valence-corrected chi connectivity index (χ2v) is 8.85. The Morgan fingerprint density at radius 2 is 1.91 bits per heavy atom. The summed E-state index contributed by atoms with van der Waals surface area (Å²) in [4.78, 5) is 14.8. The minimum Gasteiger partial charge on any atom is -0.317 e. The van der Waals surface area contributed by atoms with E-state index in [4.69, 9.17) is 0 Å². The van der Waals surface area contributed by atoms with Crippen LogP contribution < -0.4 is 10.2 Å². The number of aryl methyl sites for hydroxylation is 1. The van der Waals surface area contributed by atoms with Crippen LogP contribution in [0.1, 0.15) is 24.8 Å². The van der Waals surface area contributed by atoms with Crippen molar-refractivity contribution in [2.24, 2.45) is 5.41 Å². The van der Waals surface area contributed by atoms with Gasteiger partial charge in [-0.2, -0.15) is 0 Å². The summed E-state index contributed by atoms with van der Waals surface area (Å²) < 4.78 is 23.8. The number of fused-ring (bicyclic) bond motifs is 1. The number of amides is 1. The number of anilines is 1. The molecule has 3 aliphatic rings. The zero-order chi connectivity index (χ0) is 15.4. The van der Waals surface area contributed by atoms with Crippen LogP contribution >= 0.6 is 12.4 Å². The average molecular weight is 357 g/mol. The monoisotopic (exact) mass is 356 g/mol. The van der Waals surface area contributed by atoms with E-state index in [1.807, 2.05) is 11.0 Å². The number of hydrogen-bond acceptors (Lipinski definition) is 4. The lowest BCUT2D eigenvalue weighted by molar-refractivity contribution is -0.117. The van der Waals surface area contributed by atoms with Crippen LogP contribution in [0.5, 0.6) is 0 Å². The van der Waals surface area contributed by atoms with Crippen LogP contribution in [0.2, 0.25) is 0 Å². The van der Waals surface area contributed by atoms with Gasteiger partial charge >= 0.3 is 0 Å². The lowest BCUT2D eigenvalue weighted by atomic mass is 9.78. The van der Waals surface area contributed by atoms with Gasteiger partial charge in [0.25, 0.3) is 0 Å². The highest BCUT2D eigenvalue weighted by Crippen LogP contribution is 2.42. The van der Waals surface area contributed by atoms with E-state index in [1.54, 1.807) is 12.1 Å². The first kappa shape index (κ1) is 16.7. The molecule has 0 atom stereocenters. The Kier molecular flexibility index (Phi) is 4.19. The van der Waals surface area contributed by atoms with Crippen molar-refractivity contribution >= 4 is 33.8 Å². The standard InChI is InChI=1S/C16H20N2O3S.ClH/c19-15-10-16(4-6-17-7-5-16)11-18(15)13-1-2-14-12(9-13)3-8-22(14,20)21;/h1-2,9,17H,3-8,10-11H2;1H. The molecule has 126 valence electrons. The molecule has 1 aromatic carbocycles. The van der Waals surface area contributed by atoms with Gasteiger partial charge in [0, 0.05) is 18.7 Å². The molecule has 0 saturated carbocycles. The number of nitrogens with one attached hydrogen (secondary N) is 1. The molecule has 0 radical (unpaired) electrons. The molecule has 23 heavy (non-hydrogen) atoms. The van der Waals surface area contributed by atoms with E-state index in [0.717, 1.165) is 43.7 Å². The van der Waals surface area contributed by atoms with Gasteiger partial charge in [-0.3, -0.25) is 4.79 Å². The summed E-state index contributed by atoms with van der Waals surface area (Å²) in [7, 11) is -3.10. The molecule has 7 heteroatoms. The van der Waals surface area contributed by atoms with Gasteiger partial charge in [-0.1, -0.05) is 0 Å². The molecule has 1 spiro atoms. The third-order valence-corrected chi connectivity index (χ3v) is 7.13.